The van der Waals surface area contributed by atoms with Crippen LogP contribution in [-0.2, 0) is 10.0 Å². The first-order chi connectivity index (χ1) is 14.8. The Labute approximate surface area is 188 Å². The number of carbonyl (C=O) groups excluding carboxylic acids is 1. The molecule has 0 atom stereocenters. The second-order valence-electron chi connectivity index (χ2n) is 6.57. The lowest BCUT2D eigenvalue weighted by atomic mass is 10.0. The Kier molecular flexibility index (Phi) is 7.92. The second-order valence-corrected chi connectivity index (χ2v) is 8.69. The highest BCUT2D eigenvalue weighted by molar-refractivity contribution is 7.92. The molecule has 0 amide bonds. The zero-order chi connectivity index (χ0) is 24.1. The normalized spacial score (nSPS) is 12.6. The lowest BCUT2D eigenvalue weighted by Gasteiger charge is -2.14. The Morgan fingerprint density at radius 3 is 2.28 bits per heavy atom. The highest BCUT2D eigenvalue weighted by atomic mass is 35.5. The van der Waals surface area contributed by atoms with Gasteiger partial charge in [-0.15, -0.1) is 13.2 Å². The molecule has 1 N–H and O–H groups in total. The molecule has 2 aromatic rings. The van der Waals surface area contributed by atoms with Gasteiger partial charge in [0, 0.05) is 16.2 Å². The molecular formula is C22H19ClF3NO4S. The number of carbonyl (C=O) groups is 1. The summed E-state index contributed by atoms with van der Waals surface area (Å²) in [4.78, 5) is 12.7. The van der Waals surface area contributed by atoms with E-state index in [0.717, 1.165) is 24.3 Å². The van der Waals surface area contributed by atoms with E-state index >= 15 is 0 Å². The van der Waals surface area contributed by atoms with Crippen LogP contribution in [0.4, 0.5) is 18.9 Å². The largest absolute Gasteiger partial charge is 0.573 e. The van der Waals surface area contributed by atoms with Gasteiger partial charge in [0.15, 0.2) is 5.78 Å². The van der Waals surface area contributed by atoms with Crippen LogP contribution in [0.25, 0.3) is 0 Å². The monoisotopic (exact) mass is 485 g/mol. The fourth-order valence-corrected chi connectivity index (χ4v) is 3.76. The summed E-state index contributed by atoms with van der Waals surface area (Å²) in [6, 6.07) is 7.69. The predicted molar refractivity (Wildman–Crippen MR) is 117 cm³/mol. The van der Waals surface area contributed by atoms with Gasteiger partial charge in [-0.3, -0.25) is 9.52 Å². The number of anilines is 1. The number of allylic oxidation sites excluding steroid dienone is 5. The molecule has 0 spiro atoms. The van der Waals surface area contributed by atoms with Crippen molar-refractivity contribution in [2.75, 3.05) is 4.72 Å². The van der Waals surface area contributed by atoms with Gasteiger partial charge in [0.05, 0.1) is 10.6 Å². The molecule has 0 aliphatic carbocycles. The molecular weight excluding hydrogens is 467 g/mol. The average molecular weight is 486 g/mol. The maximum Gasteiger partial charge on any atom is 0.573 e. The number of Topliss-reactive ketones (excluding diaryl/α,β-unsaturated/α-hetero) is 1. The van der Waals surface area contributed by atoms with E-state index in [-0.39, 0.29) is 26.7 Å². The van der Waals surface area contributed by atoms with E-state index in [0.29, 0.717) is 5.57 Å². The molecule has 0 radical (unpaired) electrons. The fourth-order valence-electron chi connectivity index (χ4n) is 2.51. The van der Waals surface area contributed by atoms with Gasteiger partial charge in [-0.2, -0.15) is 0 Å². The molecule has 0 saturated carbocycles. The summed E-state index contributed by atoms with van der Waals surface area (Å²) in [7, 11) is -4.23. The Bertz CT molecular complexity index is 1180. The van der Waals surface area contributed by atoms with Gasteiger partial charge in [-0.25, -0.2) is 8.42 Å². The van der Waals surface area contributed by atoms with E-state index in [1.807, 2.05) is 0 Å². The highest BCUT2D eigenvalue weighted by Crippen LogP contribution is 2.28. The Morgan fingerprint density at radius 1 is 1.12 bits per heavy atom. The summed E-state index contributed by atoms with van der Waals surface area (Å²) in [5.74, 6) is -1.06. The zero-order valence-corrected chi connectivity index (χ0v) is 18.6. The van der Waals surface area contributed by atoms with Crippen LogP contribution in [0.3, 0.4) is 0 Å². The molecule has 0 saturated heterocycles. The van der Waals surface area contributed by atoms with Gasteiger partial charge in [0.1, 0.15) is 5.75 Å². The van der Waals surface area contributed by atoms with Crippen molar-refractivity contribution < 1.29 is 31.1 Å². The summed E-state index contributed by atoms with van der Waals surface area (Å²) in [5, 5.41) is 0.212. The van der Waals surface area contributed by atoms with E-state index in [4.69, 9.17) is 11.6 Å². The number of nitrogens with one attached hydrogen (secondary N) is 1. The number of benzene rings is 2. The lowest BCUT2D eigenvalue weighted by Crippen LogP contribution is -2.18. The molecule has 0 heterocycles. The quantitative estimate of drug-likeness (QED) is 0.270. The van der Waals surface area contributed by atoms with Crippen LogP contribution >= 0.6 is 11.6 Å². The number of rotatable bonds is 8. The lowest BCUT2D eigenvalue weighted by molar-refractivity contribution is -0.274. The molecule has 5 nitrogen and oxygen atoms in total. The summed E-state index contributed by atoms with van der Waals surface area (Å²) in [6.45, 7) is 7.12. The molecule has 32 heavy (non-hydrogen) atoms. The summed E-state index contributed by atoms with van der Waals surface area (Å²) in [6.07, 6.45) is -0.171. The SMILES string of the molecule is C=C(C)/C=C\C(=C/C)C(=O)c1cc(Cl)ccc1NS(=O)(=O)c1ccc(OC(F)(F)F)cc1. The van der Waals surface area contributed by atoms with Crippen LogP contribution in [-0.4, -0.2) is 20.6 Å². The third-order valence-corrected chi connectivity index (χ3v) is 5.58. The molecule has 0 aliphatic heterocycles. The Balaban J connectivity index is 2.38. The first kappa shape index (κ1) is 25.2. The number of alkyl halides is 3. The third-order valence-electron chi connectivity index (χ3n) is 3.96. The van der Waals surface area contributed by atoms with Crippen molar-refractivity contribution in [1.29, 1.82) is 0 Å². The van der Waals surface area contributed by atoms with E-state index < -0.39 is 27.9 Å². The predicted octanol–water partition coefficient (Wildman–Crippen LogP) is 6.30. The number of hydrogen-bond donors (Lipinski definition) is 1. The van der Waals surface area contributed by atoms with Gasteiger partial charge in [0.2, 0.25) is 0 Å². The van der Waals surface area contributed by atoms with Crippen LogP contribution in [0.1, 0.15) is 24.2 Å². The Morgan fingerprint density at radius 2 is 1.75 bits per heavy atom. The first-order valence-corrected chi connectivity index (χ1v) is 10.9. The minimum atomic E-state index is -4.90. The molecule has 2 rings (SSSR count). The minimum Gasteiger partial charge on any atom is -0.406 e. The minimum absolute atomic E-state index is 0.00225. The van der Waals surface area contributed by atoms with Crippen LogP contribution in [0.15, 0.2) is 83.3 Å². The maximum absolute atomic E-state index is 13.0. The molecule has 0 unspecified atom stereocenters. The summed E-state index contributed by atoms with van der Waals surface area (Å²) >= 11 is 6.01. The maximum atomic E-state index is 13.0. The summed E-state index contributed by atoms with van der Waals surface area (Å²) in [5.41, 5.74) is 0.946. The topological polar surface area (TPSA) is 72.5 Å². The number of ketones is 1. The van der Waals surface area contributed by atoms with Crippen LogP contribution in [0, 0.1) is 0 Å². The van der Waals surface area contributed by atoms with Crippen LogP contribution < -0.4 is 9.46 Å². The second kappa shape index (κ2) is 10.1. The van der Waals surface area contributed by atoms with Gasteiger partial charge >= 0.3 is 6.36 Å². The first-order valence-electron chi connectivity index (χ1n) is 9.05. The molecule has 170 valence electrons. The van der Waals surface area contributed by atoms with E-state index in [9.17, 15) is 26.4 Å². The highest BCUT2D eigenvalue weighted by Gasteiger charge is 2.31. The van der Waals surface area contributed by atoms with Crippen LogP contribution in [0.5, 0.6) is 5.75 Å². The molecule has 10 heteroatoms. The van der Waals surface area contributed by atoms with E-state index in [1.165, 1.54) is 18.2 Å². The molecule has 0 aliphatic rings. The summed E-state index contributed by atoms with van der Waals surface area (Å²) < 4.78 is 68.4. The smallest absolute Gasteiger partial charge is 0.406 e. The van der Waals surface area contributed by atoms with Crippen molar-refractivity contribution in [3.63, 3.8) is 0 Å². The van der Waals surface area contributed by atoms with E-state index in [2.05, 4.69) is 16.0 Å². The number of ether oxygens (including phenoxy) is 1. The van der Waals surface area contributed by atoms with Gasteiger partial charge in [0.25, 0.3) is 10.0 Å². The molecule has 0 bridgehead atoms. The average Bonchev–Trinajstić information content (AvgIpc) is 2.68. The fraction of sp³-hybridized carbons (Fsp3) is 0.136. The van der Waals surface area contributed by atoms with Gasteiger partial charge < -0.3 is 4.74 Å². The molecule has 2 aromatic carbocycles. The number of halogens is 4. The van der Waals surface area contributed by atoms with Crippen molar-refractivity contribution in [3.05, 3.63) is 89.0 Å². The number of sulfonamides is 1. The molecule has 0 fully saturated rings. The zero-order valence-electron chi connectivity index (χ0n) is 17.0. The van der Waals surface area contributed by atoms with Crippen molar-refractivity contribution in [1.82, 2.24) is 0 Å². The van der Waals surface area contributed by atoms with Crippen molar-refractivity contribution >= 4 is 33.1 Å². The van der Waals surface area contributed by atoms with Crippen LogP contribution in [0.2, 0.25) is 5.02 Å². The standard InChI is InChI=1S/C22H19ClF3NO4S/c1-4-15(6-5-14(2)3)21(28)19-13-16(23)7-12-20(19)27-32(29,30)18-10-8-17(9-11-18)31-22(24,25)26/h4-13,27H,2H2,1,3H3/b6-5-,15-4+. The van der Waals surface area contributed by atoms with Crippen molar-refractivity contribution in [2.45, 2.75) is 25.1 Å². The van der Waals surface area contributed by atoms with Gasteiger partial charge in [-0.1, -0.05) is 42.0 Å². The molecule has 0 aromatic heterocycles. The van der Waals surface area contributed by atoms with E-state index in [1.54, 1.807) is 32.1 Å². The van der Waals surface area contributed by atoms with Gasteiger partial charge in [-0.05, 0) is 56.3 Å². The third kappa shape index (κ3) is 7.00. The van der Waals surface area contributed by atoms with Crippen molar-refractivity contribution in [3.8, 4) is 5.75 Å². The Hall–Kier alpha value is -3.04. The number of hydrogen-bond acceptors (Lipinski definition) is 4. The van der Waals surface area contributed by atoms with Crippen molar-refractivity contribution in [2.24, 2.45) is 0 Å².